The number of aromatic nitrogens is 1. The fourth-order valence-electron chi connectivity index (χ4n) is 3.43. The van der Waals surface area contributed by atoms with Gasteiger partial charge in [-0.05, 0) is 36.3 Å². The predicted octanol–water partition coefficient (Wildman–Crippen LogP) is 3.84. The molecular formula is C24H19BrN2O3S. The minimum atomic E-state index is -0.603. The van der Waals surface area contributed by atoms with Crippen LogP contribution >= 0.6 is 27.3 Å². The van der Waals surface area contributed by atoms with E-state index in [0.29, 0.717) is 20.6 Å². The maximum atomic E-state index is 13.3. The molecule has 2 aromatic carbocycles. The normalized spacial score (nSPS) is 16.4. The van der Waals surface area contributed by atoms with Crippen LogP contribution in [-0.4, -0.2) is 17.6 Å². The average molecular weight is 495 g/mol. The number of ether oxygens (including phenoxy) is 1. The van der Waals surface area contributed by atoms with Crippen LogP contribution in [0.5, 0.6) is 0 Å². The number of fused-ring (bicyclic) bond motifs is 1. The van der Waals surface area contributed by atoms with Gasteiger partial charge in [0.05, 0.1) is 29.0 Å². The highest BCUT2D eigenvalue weighted by Crippen LogP contribution is 2.26. The number of nitrogens with zero attached hydrogens (tertiary/aromatic N) is 2. The monoisotopic (exact) mass is 494 g/mol. The first kappa shape index (κ1) is 21.2. The first-order valence-corrected chi connectivity index (χ1v) is 11.2. The Hall–Kier alpha value is -3.03. The van der Waals surface area contributed by atoms with E-state index in [4.69, 9.17) is 4.74 Å². The maximum absolute atomic E-state index is 13.3. The number of halogens is 1. The lowest BCUT2D eigenvalue weighted by atomic mass is 10.0. The third-order valence-corrected chi connectivity index (χ3v) is 6.36. The number of rotatable bonds is 4. The zero-order valence-electron chi connectivity index (χ0n) is 16.9. The highest BCUT2D eigenvalue weighted by Gasteiger charge is 2.30. The van der Waals surface area contributed by atoms with E-state index in [-0.39, 0.29) is 5.56 Å². The summed E-state index contributed by atoms with van der Waals surface area (Å²) in [5.74, 6) is -0.495. The van der Waals surface area contributed by atoms with Crippen LogP contribution in [0.1, 0.15) is 24.1 Å². The molecule has 0 amide bonds. The van der Waals surface area contributed by atoms with Crippen molar-refractivity contribution in [3.05, 3.63) is 107 Å². The Labute approximate surface area is 191 Å². The minimum absolute atomic E-state index is 0.194. The van der Waals surface area contributed by atoms with Crippen LogP contribution in [0.3, 0.4) is 0 Å². The lowest BCUT2D eigenvalue weighted by molar-refractivity contribution is -0.136. The first-order chi connectivity index (χ1) is 15.0. The fraction of sp³-hybridized carbons (Fsp3) is 0.125. The van der Waals surface area contributed by atoms with Gasteiger partial charge in [-0.15, -0.1) is 0 Å². The Bertz CT molecular complexity index is 1380. The molecule has 0 bridgehead atoms. The molecule has 7 heteroatoms. The molecule has 3 aromatic rings. The standard InChI is InChI=1S/C24H19BrN2O3S/c1-15-21(23(29)30-2)19(12-11-16-7-4-3-5-8-16)27-22(28)20(31-24(27)26-15)14-17-9-6-10-18(25)13-17/h3-14,19H,1-2H3/b12-11+,20-14+/t19-/m0/s1. The van der Waals surface area contributed by atoms with Crippen molar-refractivity contribution in [3.63, 3.8) is 0 Å². The van der Waals surface area contributed by atoms with Crippen LogP contribution in [0.2, 0.25) is 0 Å². The number of thiazole rings is 1. The van der Waals surface area contributed by atoms with Gasteiger partial charge in [-0.2, -0.15) is 0 Å². The van der Waals surface area contributed by atoms with Gasteiger partial charge in [-0.25, -0.2) is 9.79 Å². The van der Waals surface area contributed by atoms with Crippen LogP contribution in [0.15, 0.2) is 86.2 Å². The third-order valence-electron chi connectivity index (χ3n) is 4.89. The van der Waals surface area contributed by atoms with Crippen LogP contribution in [0.4, 0.5) is 0 Å². The minimum Gasteiger partial charge on any atom is -0.466 e. The highest BCUT2D eigenvalue weighted by molar-refractivity contribution is 9.10. The van der Waals surface area contributed by atoms with E-state index in [1.807, 2.05) is 72.8 Å². The van der Waals surface area contributed by atoms with E-state index >= 15 is 0 Å². The maximum Gasteiger partial charge on any atom is 0.338 e. The van der Waals surface area contributed by atoms with Gasteiger partial charge >= 0.3 is 5.97 Å². The quantitative estimate of drug-likeness (QED) is 0.517. The van der Waals surface area contributed by atoms with Gasteiger partial charge in [0.15, 0.2) is 4.80 Å². The van der Waals surface area contributed by atoms with Crippen molar-refractivity contribution in [2.45, 2.75) is 13.0 Å². The van der Waals surface area contributed by atoms with Crippen molar-refractivity contribution in [1.82, 2.24) is 4.57 Å². The molecule has 0 fully saturated rings. The van der Waals surface area contributed by atoms with Gasteiger partial charge in [-0.3, -0.25) is 9.36 Å². The second-order valence-corrected chi connectivity index (χ2v) is 8.87. The van der Waals surface area contributed by atoms with Gasteiger partial charge in [0, 0.05) is 4.47 Å². The third kappa shape index (κ3) is 4.38. The largest absolute Gasteiger partial charge is 0.466 e. The Morgan fingerprint density at radius 3 is 2.61 bits per heavy atom. The summed E-state index contributed by atoms with van der Waals surface area (Å²) in [5.41, 5.74) is 2.58. The summed E-state index contributed by atoms with van der Waals surface area (Å²) < 4.78 is 8.04. The van der Waals surface area contributed by atoms with Crippen molar-refractivity contribution >= 4 is 45.4 Å². The van der Waals surface area contributed by atoms with E-state index in [1.165, 1.54) is 18.4 Å². The molecule has 5 nitrogen and oxygen atoms in total. The van der Waals surface area contributed by atoms with E-state index in [1.54, 1.807) is 11.5 Å². The topological polar surface area (TPSA) is 60.7 Å². The number of carbonyl (C=O) groups is 1. The van der Waals surface area contributed by atoms with Gasteiger partial charge in [0.25, 0.3) is 5.56 Å². The molecule has 0 saturated heterocycles. The van der Waals surface area contributed by atoms with E-state index in [0.717, 1.165) is 15.6 Å². The van der Waals surface area contributed by atoms with Crippen molar-refractivity contribution < 1.29 is 9.53 Å². The summed E-state index contributed by atoms with van der Waals surface area (Å²) in [5, 5.41) is 0. The molecule has 0 spiro atoms. The Morgan fingerprint density at radius 2 is 1.90 bits per heavy atom. The van der Waals surface area contributed by atoms with Crippen molar-refractivity contribution in [1.29, 1.82) is 0 Å². The summed E-state index contributed by atoms with van der Waals surface area (Å²) in [6, 6.07) is 16.8. The molecule has 2 heterocycles. The highest BCUT2D eigenvalue weighted by atomic mass is 79.9. The van der Waals surface area contributed by atoms with Crippen molar-refractivity contribution in [2.75, 3.05) is 7.11 Å². The van der Waals surface area contributed by atoms with Crippen LogP contribution in [-0.2, 0) is 9.53 Å². The molecule has 31 heavy (non-hydrogen) atoms. The zero-order chi connectivity index (χ0) is 22.0. The summed E-state index contributed by atoms with van der Waals surface area (Å²) in [4.78, 5) is 31.0. The molecule has 1 aliphatic rings. The molecule has 1 aliphatic heterocycles. The van der Waals surface area contributed by atoms with Crippen molar-refractivity contribution in [2.24, 2.45) is 4.99 Å². The number of benzene rings is 2. The summed E-state index contributed by atoms with van der Waals surface area (Å²) in [6.07, 6.45) is 5.59. The Balaban J connectivity index is 1.89. The lowest BCUT2D eigenvalue weighted by Gasteiger charge is -2.21. The number of hydrogen-bond acceptors (Lipinski definition) is 5. The molecule has 1 atom stereocenters. The molecule has 0 radical (unpaired) electrons. The smallest absolute Gasteiger partial charge is 0.338 e. The van der Waals surface area contributed by atoms with Crippen LogP contribution in [0, 0.1) is 0 Å². The van der Waals surface area contributed by atoms with E-state index in [2.05, 4.69) is 20.9 Å². The van der Waals surface area contributed by atoms with Gasteiger partial charge in [0.1, 0.15) is 0 Å². The number of allylic oxidation sites excluding steroid dienone is 2. The summed E-state index contributed by atoms with van der Waals surface area (Å²) in [7, 11) is 1.33. The summed E-state index contributed by atoms with van der Waals surface area (Å²) >= 11 is 4.76. The molecule has 0 N–H and O–H groups in total. The molecule has 0 saturated carbocycles. The van der Waals surface area contributed by atoms with Gasteiger partial charge in [0.2, 0.25) is 0 Å². The number of methoxy groups -OCH3 is 1. The predicted molar refractivity (Wildman–Crippen MR) is 126 cm³/mol. The van der Waals surface area contributed by atoms with E-state index < -0.39 is 12.0 Å². The molecule has 0 aliphatic carbocycles. The number of hydrogen-bond donors (Lipinski definition) is 0. The van der Waals surface area contributed by atoms with E-state index in [9.17, 15) is 9.59 Å². The molecule has 4 rings (SSSR count). The van der Waals surface area contributed by atoms with Gasteiger partial charge in [-0.1, -0.05) is 81.9 Å². The second kappa shape index (κ2) is 8.99. The molecular weight excluding hydrogens is 476 g/mol. The van der Waals surface area contributed by atoms with Crippen LogP contribution < -0.4 is 14.9 Å². The Morgan fingerprint density at radius 1 is 1.16 bits per heavy atom. The number of esters is 1. The average Bonchev–Trinajstić information content (AvgIpc) is 3.06. The number of carbonyl (C=O) groups excluding carboxylic acids is 1. The zero-order valence-corrected chi connectivity index (χ0v) is 19.3. The van der Waals surface area contributed by atoms with Crippen molar-refractivity contribution in [3.8, 4) is 0 Å². The fourth-order valence-corrected chi connectivity index (χ4v) is 4.90. The summed E-state index contributed by atoms with van der Waals surface area (Å²) in [6.45, 7) is 1.76. The molecule has 1 aromatic heterocycles. The molecule has 0 unspecified atom stereocenters. The van der Waals surface area contributed by atoms with Gasteiger partial charge < -0.3 is 4.74 Å². The molecule has 156 valence electrons. The SMILES string of the molecule is COC(=O)C1=C(C)N=c2s/c(=C/c3cccc(Br)c3)c(=O)n2[C@H]1/C=C/c1ccccc1. The second-order valence-electron chi connectivity index (χ2n) is 6.94. The first-order valence-electron chi connectivity index (χ1n) is 9.57. The van der Waals surface area contributed by atoms with Crippen LogP contribution in [0.25, 0.3) is 12.2 Å². The Kier molecular flexibility index (Phi) is 6.15. The lowest BCUT2D eigenvalue weighted by Crippen LogP contribution is -2.38.